The number of thiophene rings is 1. The molecule has 0 fully saturated rings. The topological polar surface area (TPSA) is 113 Å². The Balaban J connectivity index is 2.20. The molecule has 0 aliphatic heterocycles. The smallest absolute Gasteiger partial charge is 0.332 e. The number of nitrogens with two attached hydrogens (primary N) is 1. The molecule has 0 atom stereocenters. The SMILES string of the molecule is CC(C)Cn1c(N)c(C(=O)COC(=O)C=Cc2cccs2)c(=O)n(C)c1=O. The molecule has 0 bridgehead atoms. The zero-order valence-electron chi connectivity index (χ0n) is 15.3. The second-order valence-corrected chi connectivity index (χ2v) is 7.27. The average molecular weight is 391 g/mol. The minimum Gasteiger partial charge on any atom is -0.454 e. The molecule has 2 aromatic rings. The summed E-state index contributed by atoms with van der Waals surface area (Å²) in [4.78, 5) is 49.6. The van der Waals surface area contributed by atoms with Crippen LogP contribution in [0.3, 0.4) is 0 Å². The second-order valence-electron chi connectivity index (χ2n) is 6.29. The maximum absolute atomic E-state index is 12.4. The van der Waals surface area contributed by atoms with Gasteiger partial charge >= 0.3 is 11.7 Å². The molecule has 9 heteroatoms. The number of ketones is 1. The van der Waals surface area contributed by atoms with Gasteiger partial charge in [0.1, 0.15) is 11.4 Å². The van der Waals surface area contributed by atoms with Crippen LogP contribution in [0.15, 0.2) is 33.2 Å². The third-order valence-electron chi connectivity index (χ3n) is 3.68. The highest BCUT2D eigenvalue weighted by atomic mass is 32.1. The quantitative estimate of drug-likeness (QED) is 0.432. The lowest BCUT2D eigenvalue weighted by Crippen LogP contribution is -2.43. The molecule has 2 N–H and O–H groups in total. The summed E-state index contributed by atoms with van der Waals surface area (Å²) in [6.45, 7) is 3.36. The van der Waals surface area contributed by atoms with Gasteiger partial charge < -0.3 is 10.5 Å². The number of carbonyl (C=O) groups is 2. The van der Waals surface area contributed by atoms with E-state index in [1.807, 2.05) is 31.4 Å². The Morgan fingerprint density at radius 1 is 1.33 bits per heavy atom. The van der Waals surface area contributed by atoms with E-state index in [9.17, 15) is 19.2 Å². The van der Waals surface area contributed by atoms with E-state index in [0.717, 1.165) is 9.44 Å². The van der Waals surface area contributed by atoms with Gasteiger partial charge in [0.25, 0.3) is 5.56 Å². The van der Waals surface area contributed by atoms with Gasteiger partial charge in [-0.3, -0.25) is 18.7 Å². The van der Waals surface area contributed by atoms with Crippen LogP contribution in [0.5, 0.6) is 0 Å². The highest BCUT2D eigenvalue weighted by Crippen LogP contribution is 2.11. The van der Waals surface area contributed by atoms with Crippen LogP contribution in [0.25, 0.3) is 6.08 Å². The van der Waals surface area contributed by atoms with E-state index in [2.05, 4.69) is 0 Å². The van der Waals surface area contributed by atoms with Crippen molar-refractivity contribution in [3.05, 3.63) is 54.9 Å². The first-order chi connectivity index (χ1) is 12.7. The van der Waals surface area contributed by atoms with E-state index < -0.39 is 29.6 Å². The van der Waals surface area contributed by atoms with Crippen molar-refractivity contribution in [3.8, 4) is 0 Å². The van der Waals surface area contributed by atoms with Crippen molar-refractivity contribution in [2.45, 2.75) is 20.4 Å². The highest BCUT2D eigenvalue weighted by Gasteiger charge is 2.22. The van der Waals surface area contributed by atoms with E-state index >= 15 is 0 Å². The van der Waals surface area contributed by atoms with Crippen LogP contribution < -0.4 is 17.0 Å². The van der Waals surface area contributed by atoms with E-state index in [1.165, 1.54) is 29.0 Å². The van der Waals surface area contributed by atoms with Crippen molar-refractivity contribution in [1.29, 1.82) is 0 Å². The minimum absolute atomic E-state index is 0.0747. The first-order valence-electron chi connectivity index (χ1n) is 8.23. The summed E-state index contributed by atoms with van der Waals surface area (Å²) in [6.07, 6.45) is 2.76. The monoisotopic (exact) mass is 391 g/mol. The summed E-state index contributed by atoms with van der Waals surface area (Å²) in [5.41, 5.74) is 4.14. The highest BCUT2D eigenvalue weighted by molar-refractivity contribution is 7.10. The van der Waals surface area contributed by atoms with Gasteiger partial charge in [-0.05, 0) is 23.4 Å². The summed E-state index contributed by atoms with van der Waals surface area (Å²) < 4.78 is 6.90. The Kier molecular flexibility index (Phi) is 6.51. The molecule has 0 spiro atoms. The fraction of sp³-hybridized carbons (Fsp3) is 0.333. The molecule has 0 aliphatic carbocycles. The maximum atomic E-state index is 12.4. The van der Waals surface area contributed by atoms with Crippen LogP contribution >= 0.6 is 11.3 Å². The number of rotatable bonds is 7. The van der Waals surface area contributed by atoms with Crippen molar-refractivity contribution in [1.82, 2.24) is 9.13 Å². The van der Waals surface area contributed by atoms with Crippen LogP contribution in [0.1, 0.15) is 29.1 Å². The van der Waals surface area contributed by atoms with E-state index in [-0.39, 0.29) is 23.8 Å². The van der Waals surface area contributed by atoms with Crippen LogP contribution in [0.4, 0.5) is 5.82 Å². The molecule has 0 saturated carbocycles. The van der Waals surface area contributed by atoms with Crippen LogP contribution in [-0.2, 0) is 23.1 Å². The minimum atomic E-state index is -0.812. The number of ether oxygens (including phenoxy) is 1. The first-order valence-corrected chi connectivity index (χ1v) is 9.11. The van der Waals surface area contributed by atoms with E-state index in [0.29, 0.717) is 0 Å². The third kappa shape index (κ3) is 4.82. The maximum Gasteiger partial charge on any atom is 0.332 e. The van der Waals surface area contributed by atoms with Gasteiger partial charge in [-0.25, -0.2) is 9.59 Å². The summed E-state index contributed by atoms with van der Waals surface area (Å²) in [6, 6.07) is 3.66. The molecule has 2 heterocycles. The largest absolute Gasteiger partial charge is 0.454 e. The number of esters is 1. The van der Waals surface area contributed by atoms with Gasteiger partial charge in [-0.1, -0.05) is 19.9 Å². The molecule has 0 unspecified atom stereocenters. The number of hydrogen-bond acceptors (Lipinski definition) is 7. The average Bonchev–Trinajstić information content (AvgIpc) is 3.13. The first kappa shape index (κ1) is 20.4. The Morgan fingerprint density at radius 2 is 2.04 bits per heavy atom. The number of hydrogen-bond donors (Lipinski definition) is 1. The third-order valence-corrected chi connectivity index (χ3v) is 4.52. The number of nitrogen functional groups attached to an aromatic ring is 1. The van der Waals surface area contributed by atoms with Crippen molar-refractivity contribution in [2.24, 2.45) is 13.0 Å². The molecule has 2 aromatic heterocycles. The number of anilines is 1. The van der Waals surface area contributed by atoms with Crippen molar-refractivity contribution >= 4 is 35.0 Å². The fourth-order valence-corrected chi connectivity index (χ4v) is 3.00. The molecular weight excluding hydrogens is 370 g/mol. The standard InChI is InChI=1S/C18H21N3O5S/c1-11(2)9-21-16(19)15(17(24)20(3)18(21)25)13(22)10-26-14(23)7-6-12-5-4-8-27-12/h4-8,11H,9-10,19H2,1-3H3. The van der Waals surface area contributed by atoms with Gasteiger partial charge in [0.05, 0.1) is 0 Å². The lowest BCUT2D eigenvalue weighted by atomic mass is 10.1. The Bertz CT molecular complexity index is 984. The van der Waals surface area contributed by atoms with Gasteiger partial charge in [-0.15, -0.1) is 11.3 Å². The molecule has 0 amide bonds. The Morgan fingerprint density at radius 3 is 2.63 bits per heavy atom. The second kappa shape index (κ2) is 8.63. The van der Waals surface area contributed by atoms with Crippen LogP contribution in [0, 0.1) is 5.92 Å². The molecule has 0 aliphatic rings. The molecule has 27 heavy (non-hydrogen) atoms. The van der Waals surface area contributed by atoms with Gasteiger partial charge in [0.2, 0.25) is 5.78 Å². The molecule has 0 aromatic carbocycles. The molecule has 2 rings (SSSR count). The van der Waals surface area contributed by atoms with Gasteiger partial charge in [0, 0.05) is 24.5 Å². The summed E-state index contributed by atoms with van der Waals surface area (Å²) in [5.74, 6) is -1.62. The number of nitrogens with zero attached hydrogens (tertiary/aromatic N) is 2. The Hall–Kier alpha value is -2.94. The summed E-state index contributed by atoms with van der Waals surface area (Å²) in [7, 11) is 1.27. The lowest BCUT2D eigenvalue weighted by Gasteiger charge is -2.16. The normalized spacial score (nSPS) is 11.3. The fourth-order valence-electron chi connectivity index (χ4n) is 2.38. The molecule has 0 radical (unpaired) electrons. The number of aromatic nitrogens is 2. The zero-order chi connectivity index (χ0) is 20.1. The summed E-state index contributed by atoms with van der Waals surface area (Å²) >= 11 is 1.44. The van der Waals surface area contributed by atoms with Crippen molar-refractivity contribution in [2.75, 3.05) is 12.3 Å². The van der Waals surface area contributed by atoms with Crippen molar-refractivity contribution < 1.29 is 14.3 Å². The number of Topliss-reactive ketones (excluding diaryl/α,β-unsaturated/α-hetero) is 1. The molecular formula is C18H21N3O5S. The molecule has 8 nitrogen and oxygen atoms in total. The summed E-state index contributed by atoms with van der Waals surface area (Å²) in [5, 5.41) is 1.86. The Labute approximate surface area is 159 Å². The van der Waals surface area contributed by atoms with Crippen molar-refractivity contribution in [3.63, 3.8) is 0 Å². The zero-order valence-corrected chi connectivity index (χ0v) is 16.1. The molecule has 144 valence electrons. The van der Waals surface area contributed by atoms with E-state index in [4.69, 9.17) is 10.5 Å². The van der Waals surface area contributed by atoms with Crippen LogP contribution in [0.2, 0.25) is 0 Å². The van der Waals surface area contributed by atoms with E-state index in [1.54, 1.807) is 6.08 Å². The lowest BCUT2D eigenvalue weighted by molar-refractivity contribution is -0.136. The predicted octanol–water partition coefficient (Wildman–Crippen LogP) is 1.29. The predicted molar refractivity (Wildman–Crippen MR) is 104 cm³/mol. The van der Waals surface area contributed by atoms with Crippen LogP contribution in [-0.4, -0.2) is 27.5 Å². The number of carbonyl (C=O) groups excluding carboxylic acids is 2. The van der Waals surface area contributed by atoms with Gasteiger partial charge in [0.15, 0.2) is 6.61 Å². The molecule has 0 saturated heterocycles. The van der Waals surface area contributed by atoms with Gasteiger partial charge in [-0.2, -0.15) is 0 Å².